The lowest BCUT2D eigenvalue weighted by molar-refractivity contribution is -0.117. The van der Waals surface area contributed by atoms with Crippen molar-refractivity contribution < 1.29 is 23.8 Å². The fraction of sp³-hybridized carbons (Fsp3) is 0.419. The van der Waals surface area contributed by atoms with E-state index < -0.39 is 0 Å². The summed E-state index contributed by atoms with van der Waals surface area (Å²) in [7, 11) is 3.30. The van der Waals surface area contributed by atoms with Gasteiger partial charge in [0.05, 0.1) is 7.11 Å². The number of carbonyl (C=O) groups is 2. The first-order chi connectivity index (χ1) is 18.5. The van der Waals surface area contributed by atoms with E-state index in [0.29, 0.717) is 42.6 Å². The Bertz CT molecular complexity index is 1250. The molecule has 3 aliphatic rings. The van der Waals surface area contributed by atoms with Gasteiger partial charge in [-0.1, -0.05) is 35.9 Å². The van der Waals surface area contributed by atoms with E-state index in [1.54, 1.807) is 14.2 Å². The monoisotopic (exact) mass is 535 g/mol. The summed E-state index contributed by atoms with van der Waals surface area (Å²) in [5.74, 6) is 1.03. The molecule has 0 atom stereocenters. The second-order valence-corrected chi connectivity index (χ2v) is 10.4. The number of carbonyl (C=O) groups excluding carboxylic acids is 2. The van der Waals surface area contributed by atoms with E-state index in [2.05, 4.69) is 4.90 Å². The highest BCUT2D eigenvalue weighted by Crippen LogP contribution is 2.50. The lowest BCUT2D eigenvalue weighted by Gasteiger charge is -2.44. The Balaban J connectivity index is 1.54. The lowest BCUT2D eigenvalue weighted by atomic mass is 9.71. The quantitative estimate of drug-likeness (QED) is 0.347. The van der Waals surface area contributed by atoms with Crippen LogP contribution in [0.1, 0.15) is 62.0 Å². The molecular formula is C31H34ClNO5. The van der Waals surface area contributed by atoms with Crippen molar-refractivity contribution in [2.45, 2.75) is 57.5 Å². The van der Waals surface area contributed by atoms with Gasteiger partial charge in [-0.2, -0.15) is 0 Å². The minimum atomic E-state index is -0.384. The number of nitrogens with zero attached hydrogens (tertiary/aromatic N) is 1. The third kappa shape index (κ3) is 5.12. The first-order valence-electron chi connectivity index (χ1n) is 13.4. The zero-order chi connectivity index (χ0) is 26.6. The van der Waals surface area contributed by atoms with Crippen LogP contribution in [0.4, 0.5) is 0 Å². The Morgan fingerprint density at radius 2 is 1.58 bits per heavy atom. The Labute approximate surface area is 229 Å². The second kappa shape index (κ2) is 11.7. The third-order valence-corrected chi connectivity index (χ3v) is 8.05. The highest BCUT2D eigenvalue weighted by Gasteiger charge is 2.43. The molecule has 0 aromatic heterocycles. The van der Waals surface area contributed by atoms with E-state index in [0.717, 1.165) is 72.3 Å². The maximum atomic E-state index is 13.5. The number of rotatable bonds is 9. The minimum Gasteiger partial charge on any atom is -0.493 e. The molecule has 0 bridgehead atoms. The van der Waals surface area contributed by atoms with Gasteiger partial charge in [0, 0.05) is 72.1 Å². The van der Waals surface area contributed by atoms with Crippen LogP contribution in [-0.4, -0.2) is 43.8 Å². The van der Waals surface area contributed by atoms with Gasteiger partial charge in [0.1, 0.15) is 6.61 Å². The summed E-state index contributed by atoms with van der Waals surface area (Å²) in [6.07, 6.45) is 5.20. The van der Waals surface area contributed by atoms with Crippen LogP contribution >= 0.6 is 11.6 Å². The lowest BCUT2D eigenvalue weighted by Crippen LogP contribution is -2.39. The highest BCUT2D eigenvalue weighted by molar-refractivity contribution is 6.31. The number of benzene rings is 2. The summed E-state index contributed by atoms with van der Waals surface area (Å²) in [4.78, 5) is 29.2. The van der Waals surface area contributed by atoms with Crippen LogP contribution in [0.15, 0.2) is 65.0 Å². The number of allylic oxidation sites excluding steroid dienone is 4. The predicted molar refractivity (Wildman–Crippen MR) is 146 cm³/mol. The molecule has 0 saturated heterocycles. The average molecular weight is 536 g/mol. The van der Waals surface area contributed by atoms with Crippen molar-refractivity contribution in [3.05, 3.63) is 81.2 Å². The van der Waals surface area contributed by atoms with Gasteiger partial charge in [0.25, 0.3) is 0 Å². The Kier molecular flexibility index (Phi) is 8.20. The van der Waals surface area contributed by atoms with Crippen LogP contribution in [0, 0.1) is 0 Å². The molecule has 1 aliphatic heterocycles. The van der Waals surface area contributed by atoms with Crippen molar-refractivity contribution in [3.63, 3.8) is 0 Å². The van der Waals surface area contributed by atoms with Crippen molar-refractivity contribution in [2.75, 3.05) is 27.4 Å². The van der Waals surface area contributed by atoms with Crippen LogP contribution in [0.5, 0.6) is 11.5 Å². The maximum absolute atomic E-state index is 13.5. The number of hydrogen-bond donors (Lipinski definition) is 0. The van der Waals surface area contributed by atoms with Gasteiger partial charge < -0.3 is 19.1 Å². The molecule has 0 unspecified atom stereocenters. The van der Waals surface area contributed by atoms with Gasteiger partial charge in [0.15, 0.2) is 23.1 Å². The minimum absolute atomic E-state index is 0.135. The molecule has 5 rings (SSSR count). The molecule has 0 spiro atoms. The molecule has 2 aromatic rings. The Morgan fingerprint density at radius 1 is 0.895 bits per heavy atom. The van der Waals surface area contributed by atoms with Crippen molar-refractivity contribution in [1.82, 2.24) is 4.90 Å². The number of halogens is 1. The molecule has 38 heavy (non-hydrogen) atoms. The molecular weight excluding hydrogens is 502 g/mol. The second-order valence-electron chi connectivity index (χ2n) is 10.00. The van der Waals surface area contributed by atoms with Gasteiger partial charge in [0.2, 0.25) is 0 Å². The zero-order valence-electron chi connectivity index (χ0n) is 22.1. The number of ether oxygens (including phenoxy) is 3. The maximum Gasteiger partial charge on any atom is 0.161 e. The van der Waals surface area contributed by atoms with Gasteiger partial charge >= 0.3 is 0 Å². The van der Waals surface area contributed by atoms with E-state index in [1.165, 1.54) is 0 Å². The summed E-state index contributed by atoms with van der Waals surface area (Å²) in [6.45, 7) is 1.69. The standard InChI is InChI=1S/C31H34ClNO5/c1-36-17-7-16-33-23-10-5-12-25(34)30(23)29(31-24(33)11-6-13-26(31)35)20-14-15-27(28(18-20)37-2)38-19-21-8-3-4-9-22(21)32/h3-4,8-9,14-15,18,29H,5-7,10-13,16-17,19H2,1-2H3. The molecule has 0 fully saturated rings. The highest BCUT2D eigenvalue weighted by atomic mass is 35.5. The molecule has 2 aliphatic carbocycles. The molecule has 7 heteroatoms. The number of hydrogen-bond acceptors (Lipinski definition) is 6. The largest absolute Gasteiger partial charge is 0.493 e. The molecule has 0 saturated carbocycles. The van der Waals surface area contributed by atoms with Crippen LogP contribution < -0.4 is 9.47 Å². The van der Waals surface area contributed by atoms with Crippen LogP contribution in [0.25, 0.3) is 0 Å². The third-order valence-electron chi connectivity index (χ3n) is 7.68. The summed E-state index contributed by atoms with van der Waals surface area (Å²) in [5.41, 5.74) is 5.46. The van der Waals surface area contributed by atoms with E-state index in [4.69, 9.17) is 25.8 Å². The summed E-state index contributed by atoms with van der Waals surface area (Å²) >= 11 is 6.30. The van der Waals surface area contributed by atoms with E-state index in [9.17, 15) is 9.59 Å². The Hall–Kier alpha value is -3.09. The molecule has 0 N–H and O–H groups in total. The summed E-state index contributed by atoms with van der Waals surface area (Å²) < 4.78 is 17.1. The average Bonchev–Trinajstić information content (AvgIpc) is 2.93. The fourth-order valence-corrected chi connectivity index (χ4v) is 6.13. The van der Waals surface area contributed by atoms with Gasteiger partial charge in [-0.25, -0.2) is 0 Å². The van der Waals surface area contributed by atoms with Crippen molar-refractivity contribution in [1.29, 1.82) is 0 Å². The first kappa shape index (κ1) is 26.5. The van der Waals surface area contributed by atoms with Crippen LogP contribution in [0.2, 0.25) is 5.02 Å². The number of Topliss-reactive ketones (excluding diaryl/α,β-unsaturated/α-hetero) is 2. The van der Waals surface area contributed by atoms with E-state index in [-0.39, 0.29) is 17.5 Å². The van der Waals surface area contributed by atoms with Gasteiger partial charge in [-0.05, 0) is 55.9 Å². The molecule has 2 aromatic carbocycles. The molecule has 0 amide bonds. The van der Waals surface area contributed by atoms with Crippen molar-refractivity contribution in [3.8, 4) is 11.5 Å². The van der Waals surface area contributed by atoms with Crippen molar-refractivity contribution in [2.24, 2.45) is 0 Å². The molecule has 1 heterocycles. The fourth-order valence-electron chi connectivity index (χ4n) is 5.94. The normalized spacial score (nSPS) is 18.0. The zero-order valence-corrected chi connectivity index (χ0v) is 22.8. The van der Waals surface area contributed by atoms with Crippen LogP contribution in [-0.2, 0) is 20.9 Å². The topological polar surface area (TPSA) is 65.1 Å². The first-order valence-corrected chi connectivity index (χ1v) is 13.7. The number of methoxy groups -OCH3 is 2. The van der Waals surface area contributed by atoms with Crippen LogP contribution in [0.3, 0.4) is 0 Å². The SMILES string of the molecule is COCCCN1C2=C(C(=O)CCC2)C(c2ccc(OCc3ccccc3Cl)c(OC)c2)C2=C1CCCC2=O. The summed E-state index contributed by atoms with van der Waals surface area (Å²) in [5, 5.41) is 0.644. The predicted octanol–water partition coefficient (Wildman–Crippen LogP) is 6.38. The molecule has 6 nitrogen and oxygen atoms in total. The molecule has 200 valence electrons. The van der Waals surface area contributed by atoms with Crippen molar-refractivity contribution >= 4 is 23.2 Å². The van der Waals surface area contributed by atoms with Gasteiger partial charge in [-0.15, -0.1) is 0 Å². The summed E-state index contributed by atoms with van der Waals surface area (Å²) in [6, 6.07) is 13.3. The van der Waals surface area contributed by atoms with E-state index in [1.807, 2.05) is 42.5 Å². The van der Waals surface area contributed by atoms with E-state index >= 15 is 0 Å². The van der Waals surface area contributed by atoms with Gasteiger partial charge in [-0.3, -0.25) is 9.59 Å². The Morgan fingerprint density at radius 3 is 2.21 bits per heavy atom. The number of ketones is 2. The smallest absolute Gasteiger partial charge is 0.161 e. The molecule has 0 radical (unpaired) electrons.